The molecule has 1 N–H and O–H groups in total. The van der Waals surface area contributed by atoms with Crippen molar-refractivity contribution in [1.29, 1.82) is 0 Å². The van der Waals surface area contributed by atoms with Gasteiger partial charge in [-0.05, 0) is 81.4 Å². The number of carbonyl (C=O) groups is 2. The second-order valence-corrected chi connectivity index (χ2v) is 12.7. The monoisotopic (exact) mass is 560 g/mol. The van der Waals surface area contributed by atoms with Crippen molar-refractivity contribution in [2.45, 2.75) is 38.8 Å². The van der Waals surface area contributed by atoms with Crippen molar-refractivity contribution in [2.75, 3.05) is 12.4 Å². The quantitative estimate of drug-likeness (QED) is 0.234. The molecule has 0 fully saturated rings. The van der Waals surface area contributed by atoms with Crippen molar-refractivity contribution in [2.24, 2.45) is 0 Å². The predicted molar refractivity (Wildman–Crippen MR) is 156 cm³/mol. The molecule has 0 saturated carbocycles. The number of ether oxygens (including phenoxy) is 2. The topological polar surface area (TPSA) is 98.1 Å². The van der Waals surface area contributed by atoms with Crippen molar-refractivity contribution >= 4 is 35.6 Å². The molecule has 4 rings (SSSR count). The molecule has 0 aliphatic rings. The highest BCUT2D eigenvalue weighted by molar-refractivity contribution is 7.77. The lowest BCUT2D eigenvalue weighted by molar-refractivity contribution is -0.117. The fourth-order valence-corrected chi connectivity index (χ4v) is 7.06. The number of furan rings is 1. The van der Waals surface area contributed by atoms with Gasteiger partial charge in [0.1, 0.15) is 23.2 Å². The lowest BCUT2D eigenvalue weighted by Crippen LogP contribution is -2.43. The van der Waals surface area contributed by atoms with E-state index in [0.717, 1.165) is 0 Å². The normalized spacial score (nSPS) is 12.3. The van der Waals surface area contributed by atoms with Crippen LogP contribution < -0.4 is 20.7 Å². The molecule has 0 spiro atoms. The first-order valence-electron chi connectivity index (χ1n) is 12.8. The summed E-state index contributed by atoms with van der Waals surface area (Å²) in [4.78, 5) is 27.5. The molecule has 3 aromatic carbocycles. The lowest BCUT2D eigenvalue weighted by Gasteiger charge is -2.38. The zero-order valence-electron chi connectivity index (χ0n) is 22.9. The number of hydrogen-bond acceptors (Lipinski definition) is 6. The first-order chi connectivity index (χ1) is 19.1. The number of carbonyl (C=O) groups excluding carboxylic acids is 2. The smallest absolute Gasteiger partial charge is 0.417 e. The molecule has 0 radical (unpaired) electrons. The highest BCUT2D eigenvalue weighted by Gasteiger charge is 2.46. The summed E-state index contributed by atoms with van der Waals surface area (Å²) in [7, 11) is -2.36. The molecule has 4 aromatic rings. The van der Waals surface area contributed by atoms with E-state index in [0.29, 0.717) is 27.8 Å². The molecule has 1 atom stereocenters. The van der Waals surface area contributed by atoms with Crippen molar-refractivity contribution in [3.63, 3.8) is 0 Å². The van der Waals surface area contributed by atoms with Gasteiger partial charge in [-0.15, -0.1) is 0 Å². The lowest BCUT2D eigenvalue weighted by atomic mass is 10.1. The van der Waals surface area contributed by atoms with E-state index in [-0.39, 0.29) is 6.42 Å². The van der Waals surface area contributed by atoms with Crippen LogP contribution in [0.15, 0.2) is 108 Å². The van der Waals surface area contributed by atoms with E-state index >= 15 is 4.57 Å². The van der Waals surface area contributed by atoms with Crippen molar-refractivity contribution in [3.8, 4) is 5.75 Å². The van der Waals surface area contributed by atoms with Crippen LogP contribution in [0.4, 0.5) is 10.5 Å². The Morgan fingerprint density at radius 1 is 0.875 bits per heavy atom. The molecule has 2 amide bonds. The summed E-state index contributed by atoms with van der Waals surface area (Å²) in [6.45, 7) is 5.20. The van der Waals surface area contributed by atoms with Gasteiger partial charge in [0.05, 0.1) is 19.8 Å². The van der Waals surface area contributed by atoms with Crippen LogP contribution >= 0.6 is 7.29 Å². The SMILES string of the molecule is COc1ccc(NC(=O)CC(c2ccco2)N(C(=O)OC(C)(C)C)P(=O)(c2ccccc2)c2ccccc2)cc1. The fourth-order valence-electron chi connectivity index (χ4n) is 4.26. The number of benzene rings is 3. The molecular formula is C31H33N2O6P. The Balaban J connectivity index is 1.84. The second-order valence-electron chi connectivity index (χ2n) is 10.1. The summed E-state index contributed by atoms with van der Waals surface area (Å²) in [5.74, 6) is 0.532. The molecule has 0 aliphatic heterocycles. The van der Waals surface area contributed by atoms with Gasteiger partial charge in [-0.1, -0.05) is 36.4 Å². The van der Waals surface area contributed by atoms with Gasteiger partial charge >= 0.3 is 6.09 Å². The van der Waals surface area contributed by atoms with E-state index in [2.05, 4.69) is 5.32 Å². The van der Waals surface area contributed by atoms with Crippen LogP contribution in [-0.4, -0.2) is 29.4 Å². The van der Waals surface area contributed by atoms with Crippen molar-refractivity contribution < 1.29 is 28.0 Å². The number of anilines is 1. The number of nitrogens with one attached hydrogen (secondary N) is 1. The molecule has 40 heavy (non-hydrogen) atoms. The van der Waals surface area contributed by atoms with E-state index < -0.39 is 30.9 Å². The predicted octanol–water partition coefficient (Wildman–Crippen LogP) is 6.52. The van der Waals surface area contributed by atoms with E-state index in [1.165, 1.54) is 10.9 Å². The molecule has 8 nitrogen and oxygen atoms in total. The van der Waals surface area contributed by atoms with Crippen LogP contribution in [0.5, 0.6) is 5.75 Å². The first kappa shape index (κ1) is 28.7. The van der Waals surface area contributed by atoms with Crippen LogP contribution in [0.2, 0.25) is 0 Å². The Morgan fingerprint density at radius 2 is 1.45 bits per heavy atom. The highest BCUT2D eigenvalue weighted by Crippen LogP contribution is 2.53. The number of methoxy groups -OCH3 is 1. The average Bonchev–Trinajstić information content (AvgIpc) is 3.48. The third-order valence-corrected chi connectivity index (χ3v) is 9.06. The molecule has 1 aromatic heterocycles. The fraction of sp³-hybridized carbons (Fsp3) is 0.226. The van der Waals surface area contributed by atoms with E-state index in [4.69, 9.17) is 13.9 Å². The number of nitrogens with zero attached hydrogens (tertiary/aromatic N) is 1. The molecule has 208 valence electrons. The number of rotatable bonds is 9. The van der Waals surface area contributed by atoms with E-state index in [1.54, 1.807) is 113 Å². The van der Waals surface area contributed by atoms with Gasteiger partial charge in [-0.3, -0.25) is 9.36 Å². The van der Waals surface area contributed by atoms with Crippen LogP contribution in [0.1, 0.15) is 39.0 Å². The largest absolute Gasteiger partial charge is 0.497 e. The minimum absolute atomic E-state index is 0.248. The van der Waals surface area contributed by atoms with E-state index in [1.807, 2.05) is 12.1 Å². The molecule has 0 saturated heterocycles. The number of amides is 2. The van der Waals surface area contributed by atoms with Gasteiger partial charge in [0.15, 0.2) is 0 Å². The van der Waals surface area contributed by atoms with E-state index in [9.17, 15) is 9.59 Å². The summed E-state index contributed by atoms with van der Waals surface area (Å²) >= 11 is 0. The maximum absolute atomic E-state index is 15.4. The maximum atomic E-state index is 15.4. The molecule has 1 heterocycles. The molecule has 0 bridgehead atoms. The summed E-state index contributed by atoms with van der Waals surface area (Å²) in [5, 5.41) is 3.69. The molecule has 1 unspecified atom stereocenters. The summed E-state index contributed by atoms with van der Waals surface area (Å²) in [6.07, 6.45) is 0.372. The molecular weight excluding hydrogens is 527 g/mol. The summed E-state index contributed by atoms with van der Waals surface area (Å²) < 4.78 is 33.4. The molecule has 0 aliphatic carbocycles. The first-order valence-corrected chi connectivity index (χ1v) is 14.5. The van der Waals surface area contributed by atoms with Crippen LogP contribution in [0.3, 0.4) is 0 Å². The average molecular weight is 561 g/mol. The zero-order valence-corrected chi connectivity index (χ0v) is 23.8. The Kier molecular flexibility index (Phi) is 8.80. The van der Waals surface area contributed by atoms with Gasteiger partial charge in [-0.2, -0.15) is 0 Å². The van der Waals surface area contributed by atoms with Gasteiger partial charge < -0.3 is 19.2 Å². The van der Waals surface area contributed by atoms with Crippen LogP contribution in [0.25, 0.3) is 0 Å². The van der Waals surface area contributed by atoms with Gasteiger partial charge in [-0.25, -0.2) is 9.46 Å². The third kappa shape index (κ3) is 6.64. The number of hydrogen-bond donors (Lipinski definition) is 1. The second kappa shape index (κ2) is 12.3. The highest BCUT2D eigenvalue weighted by atomic mass is 31.2. The minimum Gasteiger partial charge on any atom is -0.497 e. The zero-order chi connectivity index (χ0) is 28.8. The summed E-state index contributed by atoms with van der Waals surface area (Å²) in [6, 6.07) is 26.6. The van der Waals surface area contributed by atoms with Crippen molar-refractivity contribution in [1.82, 2.24) is 4.67 Å². The van der Waals surface area contributed by atoms with Crippen molar-refractivity contribution in [3.05, 3.63) is 109 Å². The Morgan fingerprint density at radius 3 is 1.93 bits per heavy atom. The minimum atomic E-state index is -3.92. The van der Waals surface area contributed by atoms with Crippen LogP contribution in [-0.2, 0) is 14.1 Å². The van der Waals surface area contributed by atoms with Gasteiger partial charge in [0.2, 0.25) is 13.2 Å². The van der Waals surface area contributed by atoms with Gasteiger partial charge in [0, 0.05) is 16.3 Å². The Hall–Kier alpha value is -4.29. The third-order valence-electron chi connectivity index (χ3n) is 6.02. The van der Waals surface area contributed by atoms with Crippen LogP contribution in [0, 0.1) is 0 Å². The maximum Gasteiger partial charge on any atom is 0.417 e. The Bertz CT molecular complexity index is 1410. The Labute approximate surface area is 234 Å². The standard InChI is InChI=1S/C31H33N2O6P/c1-31(2,3)39-30(35)33(40(36,25-12-7-5-8-13-25)26-14-9-6-10-15-26)27(28-16-11-21-38-28)22-29(34)32-23-17-19-24(37-4)20-18-23/h5-21,27H,22H2,1-4H3,(H,32,34). The summed E-state index contributed by atoms with van der Waals surface area (Å²) in [5.41, 5.74) is -0.353. The molecule has 9 heteroatoms. The van der Waals surface area contributed by atoms with Gasteiger partial charge in [0.25, 0.3) is 0 Å².